The molecule has 7 nitrogen and oxygen atoms in total. The SMILES string of the molecule is CCN(CC)CCN(C(=O)c1ccc(S(=O)(=O)N(C)C)cc1)c1nc2ccc(Br)cc2s1.Cl. The second-order valence-corrected chi connectivity index (χ2v) is 11.5. The van der Waals surface area contributed by atoms with E-state index in [0.29, 0.717) is 23.8 Å². The lowest BCUT2D eigenvalue weighted by molar-refractivity contribution is 0.0983. The number of carbonyl (C=O) groups excluding carboxylic acids is 1. The summed E-state index contributed by atoms with van der Waals surface area (Å²) >= 11 is 4.95. The normalized spacial score (nSPS) is 11.7. The zero-order chi connectivity index (χ0) is 23.5. The van der Waals surface area contributed by atoms with Crippen molar-refractivity contribution in [2.45, 2.75) is 18.7 Å². The van der Waals surface area contributed by atoms with Gasteiger partial charge in [0.05, 0.1) is 15.1 Å². The Hall–Kier alpha value is -1.56. The molecule has 0 N–H and O–H groups in total. The van der Waals surface area contributed by atoms with Crippen molar-refractivity contribution in [1.82, 2.24) is 14.2 Å². The van der Waals surface area contributed by atoms with Gasteiger partial charge >= 0.3 is 0 Å². The summed E-state index contributed by atoms with van der Waals surface area (Å²) in [6, 6.07) is 11.9. The minimum Gasteiger partial charge on any atom is -0.302 e. The third-order valence-corrected chi connectivity index (χ3v) is 8.59. The van der Waals surface area contributed by atoms with Crippen LogP contribution in [0, 0.1) is 0 Å². The molecule has 3 rings (SSSR count). The number of halogens is 2. The molecule has 0 aliphatic rings. The molecule has 0 radical (unpaired) electrons. The van der Waals surface area contributed by atoms with Crippen LogP contribution in [0.3, 0.4) is 0 Å². The van der Waals surface area contributed by atoms with Crippen LogP contribution in [0.4, 0.5) is 5.13 Å². The van der Waals surface area contributed by atoms with Crippen LogP contribution in [0.15, 0.2) is 51.8 Å². The van der Waals surface area contributed by atoms with E-state index in [-0.39, 0.29) is 23.2 Å². The third kappa shape index (κ3) is 6.32. The summed E-state index contributed by atoms with van der Waals surface area (Å²) in [6.45, 7) is 7.17. The fourth-order valence-corrected chi connectivity index (χ4v) is 5.65. The fourth-order valence-electron chi connectivity index (χ4n) is 3.20. The first kappa shape index (κ1) is 27.7. The van der Waals surface area contributed by atoms with E-state index < -0.39 is 10.0 Å². The van der Waals surface area contributed by atoms with Crippen molar-refractivity contribution >= 4 is 71.0 Å². The molecule has 0 bridgehead atoms. The minimum atomic E-state index is -3.55. The highest BCUT2D eigenvalue weighted by molar-refractivity contribution is 9.10. The van der Waals surface area contributed by atoms with Crippen molar-refractivity contribution in [3.05, 3.63) is 52.5 Å². The standard InChI is InChI=1S/C22H27BrN4O3S2.ClH/c1-5-26(6-2)13-14-27(22-24-19-12-9-17(23)15-20(19)31-22)21(28)16-7-10-18(11-8-16)32(29,30)25(3)4;/h7-12,15H,5-6,13-14H2,1-4H3;1H. The zero-order valence-corrected chi connectivity index (χ0v) is 23.0. The molecule has 0 atom stereocenters. The number of aromatic nitrogens is 1. The van der Waals surface area contributed by atoms with Gasteiger partial charge in [0.1, 0.15) is 0 Å². The number of nitrogens with zero attached hydrogens (tertiary/aromatic N) is 4. The van der Waals surface area contributed by atoms with E-state index in [1.807, 2.05) is 18.2 Å². The maximum absolute atomic E-state index is 13.5. The highest BCUT2D eigenvalue weighted by Gasteiger charge is 2.23. The molecule has 1 amide bonds. The van der Waals surface area contributed by atoms with Gasteiger partial charge in [-0.2, -0.15) is 0 Å². The Balaban J connectivity index is 0.00000385. The summed E-state index contributed by atoms with van der Waals surface area (Å²) in [5.74, 6) is -0.205. The number of benzene rings is 2. The van der Waals surface area contributed by atoms with Gasteiger partial charge in [0.2, 0.25) is 10.0 Å². The fraction of sp³-hybridized carbons (Fsp3) is 0.364. The van der Waals surface area contributed by atoms with E-state index >= 15 is 0 Å². The van der Waals surface area contributed by atoms with Gasteiger partial charge in [-0.05, 0) is 55.6 Å². The van der Waals surface area contributed by atoms with Crippen molar-refractivity contribution < 1.29 is 13.2 Å². The second kappa shape index (κ2) is 11.7. The smallest absolute Gasteiger partial charge is 0.260 e. The molecule has 0 aliphatic carbocycles. The van der Waals surface area contributed by atoms with Crippen LogP contribution in [-0.4, -0.2) is 68.8 Å². The average Bonchev–Trinajstić information content (AvgIpc) is 3.19. The van der Waals surface area contributed by atoms with Gasteiger partial charge in [0.25, 0.3) is 5.91 Å². The van der Waals surface area contributed by atoms with Gasteiger partial charge < -0.3 is 4.90 Å². The monoisotopic (exact) mass is 574 g/mol. The van der Waals surface area contributed by atoms with Gasteiger partial charge in [-0.15, -0.1) is 12.4 Å². The van der Waals surface area contributed by atoms with E-state index in [9.17, 15) is 13.2 Å². The van der Waals surface area contributed by atoms with Crippen LogP contribution in [0.1, 0.15) is 24.2 Å². The number of anilines is 1. The van der Waals surface area contributed by atoms with E-state index in [2.05, 4.69) is 34.7 Å². The molecule has 1 aromatic heterocycles. The number of hydrogen-bond acceptors (Lipinski definition) is 6. The summed E-state index contributed by atoms with van der Waals surface area (Å²) in [6.07, 6.45) is 0. The number of fused-ring (bicyclic) bond motifs is 1. The quantitative estimate of drug-likeness (QED) is 0.369. The Morgan fingerprint density at radius 2 is 1.67 bits per heavy atom. The van der Waals surface area contributed by atoms with Crippen LogP contribution in [0.2, 0.25) is 0 Å². The minimum absolute atomic E-state index is 0. The highest BCUT2D eigenvalue weighted by Crippen LogP contribution is 2.31. The molecule has 11 heteroatoms. The van der Waals surface area contributed by atoms with E-state index in [1.54, 1.807) is 17.0 Å². The van der Waals surface area contributed by atoms with E-state index in [4.69, 9.17) is 4.98 Å². The molecule has 0 fully saturated rings. The lowest BCUT2D eigenvalue weighted by atomic mass is 10.2. The summed E-state index contributed by atoms with van der Waals surface area (Å²) in [4.78, 5) is 22.3. The predicted octanol–water partition coefficient (Wildman–Crippen LogP) is 4.72. The van der Waals surface area contributed by atoms with Gasteiger partial charge in [-0.3, -0.25) is 9.69 Å². The molecule has 2 aromatic carbocycles. The lowest BCUT2D eigenvalue weighted by Crippen LogP contribution is -2.38. The molecular formula is C22H28BrClN4O3S2. The molecule has 0 saturated carbocycles. The molecule has 0 spiro atoms. The lowest BCUT2D eigenvalue weighted by Gasteiger charge is -2.24. The maximum Gasteiger partial charge on any atom is 0.260 e. The van der Waals surface area contributed by atoms with Gasteiger partial charge in [0, 0.05) is 37.2 Å². The van der Waals surface area contributed by atoms with E-state index in [1.165, 1.54) is 37.6 Å². The maximum atomic E-state index is 13.5. The molecule has 1 heterocycles. The van der Waals surface area contributed by atoms with Crippen molar-refractivity contribution in [2.24, 2.45) is 0 Å². The van der Waals surface area contributed by atoms with Crippen molar-refractivity contribution in [2.75, 3.05) is 45.2 Å². The number of hydrogen-bond donors (Lipinski definition) is 0. The molecule has 180 valence electrons. The van der Waals surface area contributed by atoms with Gasteiger partial charge in [-0.1, -0.05) is 41.1 Å². The van der Waals surface area contributed by atoms with E-state index in [0.717, 1.165) is 32.1 Å². The average molecular weight is 576 g/mol. The molecule has 3 aromatic rings. The number of sulfonamides is 1. The molecule has 0 aliphatic heterocycles. The van der Waals surface area contributed by atoms with Crippen molar-refractivity contribution in [3.8, 4) is 0 Å². The number of carbonyl (C=O) groups is 1. The third-order valence-electron chi connectivity index (χ3n) is 5.23. The van der Waals surface area contributed by atoms with Crippen LogP contribution in [0.25, 0.3) is 10.2 Å². The van der Waals surface area contributed by atoms with Crippen LogP contribution in [0.5, 0.6) is 0 Å². The first-order valence-electron chi connectivity index (χ1n) is 10.3. The molecule has 0 unspecified atom stereocenters. The van der Waals surface area contributed by atoms with Crippen LogP contribution < -0.4 is 4.90 Å². The Morgan fingerprint density at radius 3 is 2.24 bits per heavy atom. The Kier molecular flexibility index (Phi) is 9.83. The Morgan fingerprint density at radius 1 is 1.03 bits per heavy atom. The van der Waals surface area contributed by atoms with Gasteiger partial charge in [0.15, 0.2) is 5.13 Å². The largest absolute Gasteiger partial charge is 0.302 e. The zero-order valence-electron chi connectivity index (χ0n) is 19.0. The number of thiazole rings is 1. The molecule has 0 saturated heterocycles. The topological polar surface area (TPSA) is 73.8 Å². The number of amides is 1. The van der Waals surface area contributed by atoms with Crippen molar-refractivity contribution in [1.29, 1.82) is 0 Å². The molecular weight excluding hydrogens is 548 g/mol. The highest BCUT2D eigenvalue weighted by atomic mass is 79.9. The number of likely N-dealkylation sites (N-methyl/N-ethyl adjacent to an activating group) is 1. The second-order valence-electron chi connectivity index (χ2n) is 7.40. The summed E-state index contributed by atoms with van der Waals surface area (Å²) in [7, 11) is -0.592. The van der Waals surface area contributed by atoms with Crippen molar-refractivity contribution in [3.63, 3.8) is 0 Å². The first-order chi connectivity index (χ1) is 15.2. The molecule has 33 heavy (non-hydrogen) atoms. The first-order valence-corrected chi connectivity index (χ1v) is 13.3. The van der Waals surface area contributed by atoms with Gasteiger partial charge in [-0.25, -0.2) is 17.7 Å². The summed E-state index contributed by atoms with van der Waals surface area (Å²) in [5, 5.41) is 0.625. The Labute approximate surface area is 214 Å². The predicted molar refractivity (Wildman–Crippen MR) is 141 cm³/mol. The number of rotatable bonds is 9. The van der Waals surface area contributed by atoms with Crippen LogP contribution >= 0.6 is 39.7 Å². The summed E-state index contributed by atoms with van der Waals surface area (Å²) in [5.41, 5.74) is 1.25. The van der Waals surface area contributed by atoms with Crippen LogP contribution in [-0.2, 0) is 10.0 Å². The summed E-state index contributed by atoms with van der Waals surface area (Å²) < 4.78 is 27.8. The Bertz CT molecular complexity index is 1200.